The largest absolute Gasteiger partial charge is 0.368 e. The van der Waals surface area contributed by atoms with Crippen molar-refractivity contribution in [1.29, 1.82) is 0 Å². The number of nitrogens with zero attached hydrogens (tertiary/aromatic N) is 3. The van der Waals surface area contributed by atoms with Crippen molar-refractivity contribution in [3.8, 4) is 0 Å². The number of hydrogen-bond donors (Lipinski definition) is 2. The predicted molar refractivity (Wildman–Crippen MR) is 95.4 cm³/mol. The normalized spacial score (nSPS) is 13.8. The van der Waals surface area contributed by atoms with Crippen LogP contribution in [0.25, 0.3) is 0 Å². The Morgan fingerprint density at radius 1 is 1.16 bits per heavy atom. The summed E-state index contributed by atoms with van der Waals surface area (Å²) < 4.78 is 12.9. The highest BCUT2D eigenvalue weighted by molar-refractivity contribution is 5.94. The quantitative estimate of drug-likeness (QED) is 0.788. The lowest BCUT2D eigenvalue weighted by molar-refractivity contribution is 0.0955. The molecule has 1 aliphatic heterocycles. The number of aromatic nitrogens is 2. The van der Waals surface area contributed by atoms with Crippen molar-refractivity contribution in [2.75, 3.05) is 36.4 Å². The molecule has 6 nitrogen and oxygen atoms in total. The zero-order chi connectivity index (χ0) is 17.6. The van der Waals surface area contributed by atoms with Crippen LogP contribution in [-0.2, 0) is 0 Å². The van der Waals surface area contributed by atoms with Gasteiger partial charge in [0.15, 0.2) is 0 Å². The highest BCUT2D eigenvalue weighted by Crippen LogP contribution is 2.20. The molecule has 132 valence electrons. The molecule has 1 aromatic carbocycles. The summed E-state index contributed by atoms with van der Waals surface area (Å²) in [6.07, 6.45) is 2.39. The summed E-state index contributed by atoms with van der Waals surface area (Å²) in [4.78, 5) is 23.1. The van der Waals surface area contributed by atoms with Gasteiger partial charge < -0.3 is 15.5 Å². The van der Waals surface area contributed by atoms with Gasteiger partial charge in [0.2, 0.25) is 0 Å². The van der Waals surface area contributed by atoms with Gasteiger partial charge in [0.25, 0.3) is 5.91 Å². The minimum Gasteiger partial charge on any atom is -0.368 e. The van der Waals surface area contributed by atoms with Crippen LogP contribution in [0, 0.1) is 12.7 Å². The molecule has 1 fully saturated rings. The summed E-state index contributed by atoms with van der Waals surface area (Å²) >= 11 is 0. The Labute approximate surface area is 146 Å². The Morgan fingerprint density at radius 3 is 2.60 bits per heavy atom. The lowest BCUT2D eigenvalue weighted by Crippen LogP contribution is -2.29. The van der Waals surface area contributed by atoms with Crippen LogP contribution in [0.15, 0.2) is 30.3 Å². The van der Waals surface area contributed by atoms with Crippen LogP contribution in [0.2, 0.25) is 0 Å². The second-order valence-electron chi connectivity index (χ2n) is 6.04. The monoisotopic (exact) mass is 343 g/mol. The molecular weight excluding hydrogens is 321 g/mol. The minimum absolute atomic E-state index is 0.224. The van der Waals surface area contributed by atoms with E-state index in [2.05, 4.69) is 25.5 Å². The van der Waals surface area contributed by atoms with E-state index in [1.54, 1.807) is 0 Å². The van der Waals surface area contributed by atoms with E-state index in [1.807, 2.05) is 13.0 Å². The molecule has 1 saturated heterocycles. The Bertz CT molecular complexity index is 729. The molecule has 3 rings (SSSR count). The SMILES string of the molecule is Cc1nc(NCCNC(=O)c2ccc(F)cc2)cc(N2CCCC2)n1. The first-order valence-electron chi connectivity index (χ1n) is 8.50. The molecule has 1 amide bonds. The average Bonchev–Trinajstić information content (AvgIpc) is 3.13. The molecule has 0 atom stereocenters. The van der Waals surface area contributed by atoms with E-state index in [4.69, 9.17) is 0 Å². The van der Waals surface area contributed by atoms with Crippen LogP contribution in [0.4, 0.5) is 16.0 Å². The molecule has 0 bridgehead atoms. The van der Waals surface area contributed by atoms with Crippen LogP contribution in [0.1, 0.15) is 29.0 Å². The molecule has 2 aromatic rings. The maximum Gasteiger partial charge on any atom is 0.251 e. The first-order valence-corrected chi connectivity index (χ1v) is 8.50. The maximum absolute atomic E-state index is 12.9. The van der Waals surface area contributed by atoms with Gasteiger partial charge in [-0.05, 0) is 44.0 Å². The van der Waals surface area contributed by atoms with Gasteiger partial charge in [-0.1, -0.05) is 0 Å². The van der Waals surface area contributed by atoms with Crippen molar-refractivity contribution in [2.45, 2.75) is 19.8 Å². The fraction of sp³-hybridized carbons (Fsp3) is 0.389. The van der Waals surface area contributed by atoms with Gasteiger partial charge in [0.05, 0.1) is 0 Å². The van der Waals surface area contributed by atoms with Gasteiger partial charge in [-0.3, -0.25) is 4.79 Å². The molecule has 25 heavy (non-hydrogen) atoms. The zero-order valence-electron chi connectivity index (χ0n) is 14.3. The van der Waals surface area contributed by atoms with E-state index in [9.17, 15) is 9.18 Å². The standard InChI is InChI=1S/C18H22FN5O/c1-13-22-16(12-17(23-13)24-10-2-3-11-24)20-8-9-21-18(25)14-4-6-15(19)7-5-14/h4-7,12H,2-3,8-11H2,1H3,(H,21,25)(H,20,22,23). The number of carbonyl (C=O) groups excluding carboxylic acids is 1. The maximum atomic E-state index is 12.9. The van der Waals surface area contributed by atoms with E-state index in [0.29, 0.717) is 18.7 Å². The van der Waals surface area contributed by atoms with Crippen molar-refractivity contribution < 1.29 is 9.18 Å². The fourth-order valence-corrected chi connectivity index (χ4v) is 2.82. The van der Waals surface area contributed by atoms with E-state index in [-0.39, 0.29) is 11.7 Å². The van der Waals surface area contributed by atoms with Crippen LogP contribution < -0.4 is 15.5 Å². The van der Waals surface area contributed by atoms with E-state index in [1.165, 1.54) is 37.1 Å². The molecule has 2 heterocycles. The second-order valence-corrected chi connectivity index (χ2v) is 6.04. The van der Waals surface area contributed by atoms with E-state index < -0.39 is 0 Å². The Balaban J connectivity index is 1.50. The molecule has 0 radical (unpaired) electrons. The van der Waals surface area contributed by atoms with Crippen molar-refractivity contribution in [1.82, 2.24) is 15.3 Å². The number of carbonyl (C=O) groups is 1. The average molecular weight is 343 g/mol. The van der Waals surface area contributed by atoms with Gasteiger partial charge in [0.1, 0.15) is 23.3 Å². The third-order valence-corrected chi connectivity index (χ3v) is 4.08. The highest BCUT2D eigenvalue weighted by atomic mass is 19.1. The fourth-order valence-electron chi connectivity index (χ4n) is 2.82. The first kappa shape index (κ1) is 17.1. The van der Waals surface area contributed by atoms with Crippen molar-refractivity contribution in [3.63, 3.8) is 0 Å². The van der Waals surface area contributed by atoms with Gasteiger partial charge in [-0.2, -0.15) is 0 Å². The van der Waals surface area contributed by atoms with Gasteiger partial charge in [-0.15, -0.1) is 0 Å². The Kier molecular flexibility index (Phi) is 5.42. The van der Waals surface area contributed by atoms with Gasteiger partial charge in [-0.25, -0.2) is 14.4 Å². The molecule has 0 aliphatic carbocycles. The summed E-state index contributed by atoms with van der Waals surface area (Å²) in [6.45, 7) is 4.93. The topological polar surface area (TPSA) is 70.2 Å². The Hall–Kier alpha value is -2.70. The number of aryl methyl sites for hydroxylation is 1. The first-order chi connectivity index (χ1) is 12.1. The van der Waals surface area contributed by atoms with Crippen molar-refractivity contribution >= 4 is 17.5 Å². The summed E-state index contributed by atoms with van der Waals surface area (Å²) in [5.74, 6) is 1.85. The lowest BCUT2D eigenvalue weighted by Gasteiger charge is -2.17. The number of nitrogens with one attached hydrogen (secondary N) is 2. The summed E-state index contributed by atoms with van der Waals surface area (Å²) in [6, 6.07) is 7.43. The predicted octanol–water partition coefficient (Wildman–Crippen LogP) is 2.37. The van der Waals surface area contributed by atoms with Crippen LogP contribution in [0.3, 0.4) is 0 Å². The Morgan fingerprint density at radius 2 is 1.88 bits per heavy atom. The van der Waals surface area contributed by atoms with Gasteiger partial charge >= 0.3 is 0 Å². The number of rotatable bonds is 6. The number of benzene rings is 1. The minimum atomic E-state index is -0.355. The second kappa shape index (κ2) is 7.92. The molecule has 1 aromatic heterocycles. The summed E-state index contributed by atoms with van der Waals surface area (Å²) in [7, 11) is 0. The smallest absolute Gasteiger partial charge is 0.251 e. The number of amides is 1. The number of halogens is 1. The van der Waals surface area contributed by atoms with Gasteiger partial charge in [0, 0.05) is 37.8 Å². The number of anilines is 2. The van der Waals surface area contributed by atoms with Crippen molar-refractivity contribution in [3.05, 3.63) is 47.5 Å². The van der Waals surface area contributed by atoms with E-state index >= 15 is 0 Å². The van der Waals surface area contributed by atoms with Crippen LogP contribution in [0.5, 0.6) is 0 Å². The molecule has 7 heteroatoms. The lowest BCUT2D eigenvalue weighted by atomic mass is 10.2. The third kappa shape index (κ3) is 4.65. The molecule has 0 unspecified atom stereocenters. The molecular formula is C18H22FN5O. The molecule has 0 saturated carbocycles. The van der Waals surface area contributed by atoms with E-state index in [0.717, 1.165) is 30.5 Å². The van der Waals surface area contributed by atoms with Crippen LogP contribution in [-0.4, -0.2) is 42.1 Å². The highest BCUT2D eigenvalue weighted by Gasteiger charge is 2.15. The van der Waals surface area contributed by atoms with Crippen LogP contribution >= 0.6 is 0 Å². The third-order valence-electron chi connectivity index (χ3n) is 4.08. The summed E-state index contributed by atoms with van der Waals surface area (Å²) in [5, 5.41) is 6.01. The molecule has 2 N–H and O–H groups in total. The number of hydrogen-bond acceptors (Lipinski definition) is 5. The zero-order valence-corrected chi connectivity index (χ0v) is 14.3. The van der Waals surface area contributed by atoms with Crippen molar-refractivity contribution in [2.24, 2.45) is 0 Å². The summed E-state index contributed by atoms with van der Waals surface area (Å²) in [5.41, 5.74) is 0.440. The molecule has 0 spiro atoms. The molecule has 1 aliphatic rings.